The van der Waals surface area contributed by atoms with Crippen molar-refractivity contribution in [2.45, 2.75) is 37.8 Å². The number of anilines is 1. The molecule has 1 saturated carbocycles. The molecule has 1 aromatic rings. The van der Waals surface area contributed by atoms with Gasteiger partial charge in [-0.3, -0.25) is 0 Å². The average Bonchev–Trinajstić information content (AvgIpc) is 2.51. The minimum absolute atomic E-state index is 0.185. The highest BCUT2D eigenvalue weighted by Gasteiger charge is 2.31. The molecule has 0 bridgehead atoms. The number of piperidine rings is 1. The Balaban J connectivity index is 1.65. The molecule has 2 fully saturated rings. The van der Waals surface area contributed by atoms with Crippen molar-refractivity contribution in [3.8, 4) is 11.9 Å². The summed E-state index contributed by atoms with van der Waals surface area (Å²) < 4.78 is 6.00. The van der Waals surface area contributed by atoms with E-state index in [1.807, 2.05) is 12.1 Å². The molecule has 0 aromatic carbocycles. The van der Waals surface area contributed by atoms with Gasteiger partial charge in [0.05, 0.1) is 11.8 Å². The fourth-order valence-corrected chi connectivity index (χ4v) is 3.05. The van der Waals surface area contributed by atoms with E-state index < -0.39 is 0 Å². The van der Waals surface area contributed by atoms with Gasteiger partial charge in [0, 0.05) is 44.1 Å². The van der Waals surface area contributed by atoms with Gasteiger partial charge < -0.3 is 9.64 Å². The highest BCUT2D eigenvalue weighted by Crippen LogP contribution is 2.33. The molecule has 3 rings (SSSR count). The van der Waals surface area contributed by atoms with E-state index in [0.29, 0.717) is 11.9 Å². The van der Waals surface area contributed by atoms with E-state index in [2.05, 4.69) is 20.8 Å². The van der Waals surface area contributed by atoms with Crippen molar-refractivity contribution in [2.75, 3.05) is 18.0 Å². The van der Waals surface area contributed by atoms with E-state index in [1.165, 1.54) is 0 Å². The first-order valence-corrected chi connectivity index (χ1v) is 7.80. The third-order valence-corrected chi connectivity index (χ3v) is 4.61. The van der Waals surface area contributed by atoms with Crippen LogP contribution >= 0.6 is 11.8 Å². The summed E-state index contributed by atoms with van der Waals surface area (Å²) in [5.74, 6) is 0.885. The Morgan fingerprint density at radius 1 is 1.38 bits per heavy atom. The Morgan fingerprint density at radius 3 is 2.81 bits per heavy atom. The van der Waals surface area contributed by atoms with E-state index in [-0.39, 0.29) is 12.0 Å². The SMILES string of the molecule is N#CC1CCN(c2cccnc2O[C@H]2C[C@@H](NCl)C2)CC1. The average molecular weight is 307 g/mol. The quantitative estimate of drug-likeness (QED) is 0.866. The van der Waals surface area contributed by atoms with Gasteiger partial charge in [-0.05, 0) is 36.8 Å². The lowest BCUT2D eigenvalue weighted by Crippen LogP contribution is -2.44. The fraction of sp³-hybridized carbons (Fsp3) is 0.600. The molecule has 1 N–H and O–H groups in total. The van der Waals surface area contributed by atoms with Gasteiger partial charge in [0.1, 0.15) is 6.10 Å². The molecule has 5 nitrogen and oxygen atoms in total. The second kappa shape index (κ2) is 6.50. The van der Waals surface area contributed by atoms with Crippen LogP contribution < -0.4 is 14.5 Å². The zero-order valence-corrected chi connectivity index (χ0v) is 12.6. The van der Waals surface area contributed by atoms with Gasteiger partial charge in [0.2, 0.25) is 5.88 Å². The van der Waals surface area contributed by atoms with Crippen molar-refractivity contribution >= 4 is 17.5 Å². The number of ether oxygens (including phenoxy) is 1. The minimum Gasteiger partial charge on any atom is -0.473 e. The number of nitrogens with one attached hydrogen (secondary N) is 1. The molecule has 0 unspecified atom stereocenters. The zero-order chi connectivity index (χ0) is 14.7. The first-order valence-electron chi connectivity index (χ1n) is 7.42. The van der Waals surface area contributed by atoms with Crippen LogP contribution in [0.4, 0.5) is 5.69 Å². The lowest BCUT2D eigenvalue weighted by Gasteiger charge is -2.36. The van der Waals surface area contributed by atoms with Crippen LogP contribution in [0.25, 0.3) is 0 Å². The molecule has 1 saturated heterocycles. The van der Waals surface area contributed by atoms with Gasteiger partial charge in [-0.25, -0.2) is 9.82 Å². The molecule has 2 heterocycles. The molecular formula is C15H19ClN4O. The van der Waals surface area contributed by atoms with Crippen molar-refractivity contribution in [3.05, 3.63) is 18.3 Å². The molecule has 112 valence electrons. The summed E-state index contributed by atoms with van der Waals surface area (Å²) in [7, 11) is 0. The maximum atomic E-state index is 8.99. The van der Waals surface area contributed by atoms with E-state index in [0.717, 1.165) is 44.5 Å². The van der Waals surface area contributed by atoms with Crippen molar-refractivity contribution < 1.29 is 4.74 Å². The Morgan fingerprint density at radius 2 is 2.14 bits per heavy atom. The van der Waals surface area contributed by atoms with Gasteiger partial charge in [0.25, 0.3) is 0 Å². The third kappa shape index (κ3) is 3.22. The maximum Gasteiger partial charge on any atom is 0.237 e. The summed E-state index contributed by atoms with van der Waals surface area (Å²) in [5, 5.41) is 8.99. The van der Waals surface area contributed by atoms with Crippen molar-refractivity contribution in [2.24, 2.45) is 5.92 Å². The highest BCUT2D eigenvalue weighted by atomic mass is 35.5. The van der Waals surface area contributed by atoms with Crippen LogP contribution in [0.5, 0.6) is 5.88 Å². The molecule has 21 heavy (non-hydrogen) atoms. The normalized spacial score (nSPS) is 26.0. The summed E-state index contributed by atoms with van der Waals surface area (Å²) in [6.07, 6.45) is 5.59. The topological polar surface area (TPSA) is 61.2 Å². The number of hydrogen-bond donors (Lipinski definition) is 1. The summed E-state index contributed by atoms with van der Waals surface area (Å²) in [5.41, 5.74) is 1.04. The number of hydrogen-bond acceptors (Lipinski definition) is 5. The van der Waals surface area contributed by atoms with E-state index >= 15 is 0 Å². The Bertz CT molecular complexity index is 519. The summed E-state index contributed by atoms with van der Waals surface area (Å²) in [6, 6.07) is 6.68. The van der Waals surface area contributed by atoms with E-state index in [9.17, 15) is 0 Å². The van der Waals surface area contributed by atoms with E-state index in [1.54, 1.807) is 6.20 Å². The largest absolute Gasteiger partial charge is 0.473 e. The van der Waals surface area contributed by atoms with Gasteiger partial charge in [0.15, 0.2) is 0 Å². The Labute approximate surface area is 130 Å². The first kappa shape index (κ1) is 14.4. The Kier molecular flexibility index (Phi) is 4.47. The molecule has 0 radical (unpaired) electrons. The smallest absolute Gasteiger partial charge is 0.237 e. The third-order valence-electron chi connectivity index (χ3n) is 4.30. The molecule has 0 spiro atoms. The summed E-state index contributed by atoms with van der Waals surface area (Å²) in [6.45, 7) is 1.77. The number of rotatable bonds is 4. The molecule has 1 aromatic heterocycles. The predicted molar refractivity (Wildman–Crippen MR) is 81.2 cm³/mol. The molecule has 6 heteroatoms. The van der Waals surface area contributed by atoms with Crippen LogP contribution in [0.15, 0.2) is 18.3 Å². The van der Waals surface area contributed by atoms with Gasteiger partial charge >= 0.3 is 0 Å². The van der Waals surface area contributed by atoms with E-state index in [4.69, 9.17) is 21.8 Å². The molecule has 1 aliphatic heterocycles. The monoisotopic (exact) mass is 306 g/mol. The minimum atomic E-state index is 0.185. The number of nitrogens with zero attached hydrogens (tertiary/aromatic N) is 3. The highest BCUT2D eigenvalue weighted by molar-refractivity contribution is 6.13. The van der Waals surface area contributed by atoms with Crippen LogP contribution in [-0.4, -0.2) is 30.2 Å². The van der Waals surface area contributed by atoms with Crippen molar-refractivity contribution in [3.63, 3.8) is 0 Å². The molecule has 0 amide bonds. The fourth-order valence-electron chi connectivity index (χ4n) is 2.87. The molecule has 0 atom stereocenters. The summed E-state index contributed by atoms with van der Waals surface area (Å²) in [4.78, 5) is 9.39. The second-order valence-electron chi connectivity index (χ2n) is 5.74. The van der Waals surface area contributed by atoms with Gasteiger partial charge in [-0.15, -0.1) is 0 Å². The van der Waals surface area contributed by atoms with Crippen LogP contribution in [0, 0.1) is 17.2 Å². The number of nitriles is 1. The second-order valence-corrected chi connectivity index (χ2v) is 5.95. The predicted octanol–water partition coefficient (Wildman–Crippen LogP) is 2.47. The summed E-state index contributed by atoms with van der Waals surface area (Å²) >= 11 is 5.60. The molecular weight excluding hydrogens is 288 g/mol. The Hall–Kier alpha value is -1.51. The van der Waals surface area contributed by atoms with Crippen LogP contribution in [0.1, 0.15) is 25.7 Å². The zero-order valence-electron chi connectivity index (χ0n) is 11.8. The lowest BCUT2D eigenvalue weighted by atomic mass is 9.90. The van der Waals surface area contributed by atoms with Gasteiger partial charge in [-0.2, -0.15) is 5.26 Å². The number of aromatic nitrogens is 1. The lowest BCUT2D eigenvalue weighted by molar-refractivity contribution is 0.0903. The number of pyridine rings is 1. The standard InChI is InChI=1S/C15H19ClN4O/c16-19-12-8-13(9-12)21-15-14(2-1-5-18-15)20-6-3-11(10-17)4-7-20/h1-2,5,11-13,19H,3-4,6-9H2/t12-,13+. The maximum absolute atomic E-state index is 8.99. The van der Waals surface area contributed by atoms with Crippen molar-refractivity contribution in [1.29, 1.82) is 5.26 Å². The van der Waals surface area contributed by atoms with Crippen LogP contribution in [0.3, 0.4) is 0 Å². The van der Waals surface area contributed by atoms with Crippen molar-refractivity contribution in [1.82, 2.24) is 9.82 Å². The number of halogens is 1. The first-order chi connectivity index (χ1) is 10.3. The molecule has 1 aliphatic carbocycles. The van der Waals surface area contributed by atoms with Crippen LogP contribution in [-0.2, 0) is 0 Å². The van der Waals surface area contributed by atoms with Gasteiger partial charge in [-0.1, -0.05) is 0 Å². The molecule has 2 aliphatic rings. The van der Waals surface area contributed by atoms with Crippen LogP contribution in [0.2, 0.25) is 0 Å².